The normalized spacial score (nSPS) is 29.9. The van der Waals surface area contributed by atoms with E-state index in [0.717, 1.165) is 275 Å². The molecule has 1 aromatic rings. The lowest BCUT2D eigenvalue weighted by molar-refractivity contribution is -0.140. The number of fused-ring (bicyclic) bond motifs is 6. The molecule has 15 N–H and O–H groups in total. The van der Waals surface area contributed by atoms with Crippen LogP contribution in [-0.2, 0) is 23.9 Å². The van der Waals surface area contributed by atoms with Crippen molar-refractivity contribution in [3.05, 3.63) is 177 Å². The molecule has 6 saturated carbocycles. The third kappa shape index (κ3) is 44.3. The molecule has 0 bridgehead atoms. The Bertz CT molecular complexity index is 4350. The topological polar surface area (TPSA) is 422 Å². The van der Waals surface area contributed by atoms with Gasteiger partial charge in [-0.1, -0.05) is 322 Å². The highest BCUT2D eigenvalue weighted by molar-refractivity contribution is 5.69. The summed E-state index contributed by atoms with van der Waals surface area (Å²) in [6.07, 6.45) is 84.5. The minimum absolute atomic E-state index is 0.0828. The molecule has 12 aliphatic rings. The summed E-state index contributed by atoms with van der Waals surface area (Å²) in [5, 5.41) is 151. The standard InChI is InChI=1S/C22H38O3.C21H27N3O2.C21H34O4.C21H36O3.C20H32O4.C19H30O4/c1-3-4-6-10-19(23)11-12-20-21-15-17(9-7-5-8-13-25-2)14-18(21)16-22(20)24;22-24-23-18-8-5-15(6-9-18)7-10-19-20-13-16(4-2-1-3-11-25)12-17(20)14-21(19)26;1-2-3-4-8-17(22)10-11-18-19-13-15(7-5-6-9-21(24)25)12-16(19)14-20(18)23;1-2-3-5-9-18(23)10-11-19-20-14-16(8-6-4-7-12-22)13-17(20)15-21(19)24;1-3-4-5-6-16(21)8-9-17-18-12-14(7-10-20(23)24-2)11-15(18)13-19(17)22;1-2-3-4-5-15(20)7-8-16-17-11-13(6-9-19(22)23)10-14(17)12-18(16)21/h11-12,14,18-24H,3-10,13,15-16H2,1-2H3;5-10,12,17,19-21,25-26H,1-4,11,13-14H2;10-12,16-20,22-23H,2-9,13-14H2,1H3,(H,24,25);10-11,13,17-24H,2-9,12,14-15H2,1H3;8-9,11,15-19,21-22H,3-7,10,12-13H2,1-2H3;7-8,10,14-18,20-21H,2-6,9,11-12H2,1H3,(H,22,23)/b12-11+;10-7+;2*11-10+;9-8+;8-7+/t18-,19-,20+,21-,22+;17-,19+,20-,21+;16-,17-,18+,19-,20+;17-,18-,19+,20-,21+;15-,16-,17+,18-,19+;14-,15-,16+,17-,18+/m000000/s1. The fourth-order valence-corrected chi connectivity index (χ4v) is 25.8. The number of nitrogens with zero attached hydrogens (tertiary/aromatic N) is 3. The van der Waals surface area contributed by atoms with E-state index in [1.807, 2.05) is 60.7 Å². The van der Waals surface area contributed by atoms with Crippen molar-refractivity contribution in [2.75, 3.05) is 34.0 Å². The summed E-state index contributed by atoms with van der Waals surface area (Å²) >= 11 is 0. The summed E-state index contributed by atoms with van der Waals surface area (Å²) in [5.74, 6) is 4.86. The second-order valence-corrected chi connectivity index (χ2v) is 45.2. The van der Waals surface area contributed by atoms with Gasteiger partial charge in [0.05, 0.1) is 74.3 Å². The maximum absolute atomic E-state index is 11.3. The summed E-state index contributed by atoms with van der Waals surface area (Å²) in [7, 11) is 3.18. The summed E-state index contributed by atoms with van der Waals surface area (Å²) in [4.78, 5) is 35.3. The second-order valence-electron chi connectivity index (χ2n) is 45.2. The molecule has 23 heteroatoms. The van der Waals surface area contributed by atoms with Crippen LogP contribution in [0.2, 0.25) is 0 Å². The van der Waals surface area contributed by atoms with E-state index in [1.54, 1.807) is 24.8 Å². The number of hydrogen-bond donors (Lipinski definition) is 15. The van der Waals surface area contributed by atoms with Gasteiger partial charge >= 0.3 is 17.9 Å². The number of allylic oxidation sites excluding steroid dienone is 12. The highest BCUT2D eigenvalue weighted by atomic mass is 16.5. The molecule has 13 rings (SSSR count). The number of aliphatic hydroxyl groups excluding tert-OH is 13. The lowest BCUT2D eigenvalue weighted by Crippen LogP contribution is -2.18. The van der Waals surface area contributed by atoms with Gasteiger partial charge in [-0.05, 0) is 281 Å². The zero-order chi connectivity index (χ0) is 106. The van der Waals surface area contributed by atoms with Gasteiger partial charge in [0.2, 0.25) is 0 Å². The predicted octanol–water partition coefficient (Wildman–Crippen LogP) is 24.5. The van der Waals surface area contributed by atoms with Crippen LogP contribution in [0, 0.1) is 107 Å². The van der Waals surface area contributed by atoms with Gasteiger partial charge in [-0.2, -0.15) is 0 Å². The molecule has 6 fully saturated rings. The van der Waals surface area contributed by atoms with E-state index < -0.39 is 30.3 Å². The first-order chi connectivity index (χ1) is 71.1. The maximum atomic E-state index is 11.3. The number of ether oxygens (including phenoxy) is 2. The molecule has 23 nitrogen and oxygen atoms in total. The number of carbonyl (C=O) groups is 3. The van der Waals surface area contributed by atoms with Crippen LogP contribution < -0.4 is 0 Å². The Morgan fingerprint density at radius 1 is 0.347 bits per heavy atom. The molecule has 147 heavy (non-hydrogen) atoms. The SMILES string of the molecule is CCCCC[C@H](O)/C=C/[C@@H]1[C@H]2CC(CCC(=O)O)=C[C@H]2C[C@H]1O.CCCCC[C@H](O)/C=C/[C@@H]1[C@H]2CC(CCC(=O)OC)=C[C@H]2C[C@H]1O.CCCCC[C@H](O)/C=C/[C@@H]1[C@H]2CC(CCCCC(=O)O)=C[C@H]2C[C@H]1O.CCCCC[C@H](O)/C=C/[C@@H]1[C@H]2CC(CCCCCO)=C[C@H]2C[C@H]1O.CCCCC[C@H](O)/C=C/[C@@H]1[C@H]2CC(CCCCCOC)=C[C@H]2C[C@H]1O.[N-]=[N+]=Nc1ccc(/C=C/[C@@H]2[C@H]3CC(CCCCCO)=C[C@H]3C[C@H]2O)cc1. The Hall–Kier alpha value is -6.74. The molecule has 0 amide bonds. The number of rotatable bonds is 60. The molecule has 0 aromatic heterocycles. The van der Waals surface area contributed by atoms with E-state index in [0.29, 0.717) is 96.2 Å². The number of benzene rings is 1. The van der Waals surface area contributed by atoms with Gasteiger partial charge in [0.1, 0.15) is 0 Å². The molecular formula is C124H197N3O20. The van der Waals surface area contributed by atoms with Crippen LogP contribution in [0.1, 0.15) is 374 Å². The highest BCUT2D eigenvalue weighted by Gasteiger charge is 2.49. The third-order valence-electron chi connectivity index (χ3n) is 33.9. The lowest BCUT2D eigenvalue weighted by Gasteiger charge is -2.19. The average Bonchev–Trinajstić information content (AvgIpc) is 1.67. The van der Waals surface area contributed by atoms with Gasteiger partial charge < -0.3 is 86.1 Å². The summed E-state index contributed by atoms with van der Waals surface area (Å²) in [5.41, 5.74) is 18.7. The van der Waals surface area contributed by atoms with Crippen LogP contribution in [0.4, 0.5) is 5.69 Å². The minimum atomic E-state index is -0.755. The summed E-state index contributed by atoms with van der Waals surface area (Å²) in [6.45, 7) is 12.3. The Balaban J connectivity index is 0.000000215. The van der Waals surface area contributed by atoms with Crippen LogP contribution in [0.15, 0.2) is 166 Å². The van der Waals surface area contributed by atoms with Crippen molar-refractivity contribution in [2.45, 2.75) is 436 Å². The Labute approximate surface area is 883 Å². The number of unbranched alkanes of at least 4 members (excludes halogenated alkanes) is 17. The number of hydrogen-bond acceptors (Lipinski definition) is 19. The number of carbonyl (C=O) groups excluding carboxylic acids is 1. The van der Waals surface area contributed by atoms with E-state index in [4.69, 9.17) is 35.4 Å². The molecule has 0 spiro atoms. The summed E-state index contributed by atoms with van der Waals surface area (Å²) in [6, 6.07) is 7.46. The number of carboxylic acids is 2. The molecule has 0 unspecified atom stereocenters. The van der Waals surface area contributed by atoms with Gasteiger partial charge in [-0.25, -0.2) is 0 Å². The van der Waals surface area contributed by atoms with Crippen molar-refractivity contribution < 1.29 is 100 Å². The monoisotopic (exact) mass is 2050 g/mol. The van der Waals surface area contributed by atoms with Gasteiger partial charge in [-0.15, -0.1) is 0 Å². The molecule has 828 valence electrons. The van der Waals surface area contributed by atoms with Crippen molar-refractivity contribution in [1.29, 1.82) is 0 Å². The fraction of sp³-hybridized carbons (Fsp3) is 0.734. The lowest BCUT2D eigenvalue weighted by atomic mass is 9.88. The first-order valence-corrected chi connectivity index (χ1v) is 58.2. The van der Waals surface area contributed by atoms with Crippen LogP contribution in [-0.4, -0.2) is 196 Å². The van der Waals surface area contributed by atoms with E-state index >= 15 is 0 Å². The van der Waals surface area contributed by atoms with Crippen molar-refractivity contribution >= 4 is 29.7 Å². The molecule has 29 atom stereocenters. The largest absolute Gasteiger partial charge is 0.481 e. The fourth-order valence-electron chi connectivity index (χ4n) is 25.8. The quantitative estimate of drug-likeness (QED) is 0.00719. The summed E-state index contributed by atoms with van der Waals surface area (Å²) < 4.78 is 9.81. The molecule has 1 aromatic carbocycles. The number of aliphatic carboxylic acids is 2. The number of aliphatic hydroxyl groups is 13. The first kappa shape index (κ1) is 125. The van der Waals surface area contributed by atoms with Crippen LogP contribution in [0.25, 0.3) is 16.5 Å². The highest BCUT2D eigenvalue weighted by Crippen LogP contribution is 2.55. The minimum Gasteiger partial charge on any atom is -0.481 e. The molecular weight excluding hydrogens is 1850 g/mol. The van der Waals surface area contributed by atoms with Gasteiger partial charge in [0.25, 0.3) is 0 Å². The molecule has 0 saturated heterocycles. The van der Waals surface area contributed by atoms with E-state index in [2.05, 4.69) is 105 Å². The number of carboxylic acid groups (broad SMARTS) is 2. The Morgan fingerprint density at radius 3 is 0.871 bits per heavy atom. The van der Waals surface area contributed by atoms with Gasteiger partial charge in [-0.3, -0.25) is 14.4 Å². The van der Waals surface area contributed by atoms with Crippen LogP contribution >= 0.6 is 0 Å². The van der Waals surface area contributed by atoms with Crippen LogP contribution in [0.3, 0.4) is 0 Å². The van der Waals surface area contributed by atoms with Crippen molar-refractivity contribution in [3.63, 3.8) is 0 Å². The van der Waals surface area contributed by atoms with E-state index in [9.17, 15) is 70.6 Å². The molecule has 0 heterocycles. The number of methoxy groups -OCH3 is 2. The third-order valence-corrected chi connectivity index (χ3v) is 33.9. The maximum Gasteiger partial charge on any atom is 0.305 e. The first-order valence-electron chi connectivity index (χ1n) is 58.2. The number of azide groups is 1. The smallest absolute Gasteiger partial charge is 0.305 e. The van der Waals surface area contributed by atoms with Crippen LogP contribution in [0.5, 0.6) is 0 Å². The number of esters is 1. The van der Waals surface area contributed by atoms with Gasteiger partial charge in [0, 0.05) is 92.3 Å². The molecule has 0 aliphatic heterocycles. The Kier molecular flexibility index (Phi) is 60.2. The van der Waals surface area contributed by atoms with Gasteiger partial charge in [0.15, 0.2) is 0 Å². The second kappa shape index (κ2) is 70.5. The van der Waals surface area contributed by atoms with Crippen molar-refractivity contribution in [1.82, 2.24) is 0 Å². The van der Waals surface area contributed by atoms with Crippen molar-refractivity contribution in [3.8, 4) is 0 Å². The molecule has 0 radical (unpaired) electrons. The average molecular weight is 2050 g/mol. The zero-order valence-corrected chi connectivity index (χ0v) is 90.9. The molecule has 12 aliphatic carbocycles. The zero-order valence-electron chi connectivity index (χ0n) is 90.9. The predicted molar refractivity (Wildman–Crippen MR) is 589 cm³/mol. The Morgan fingerprint density at radius 2 is 0.612 bits per heavy atom. The van der Waals surface area contributed by atoms with E-state index in [-0.39, 0.29) is 110 Å². The van der Waals surface area contributed by atoms with Crippen molar-refractivity contribution in [2.24, 2.45) is 112 Å². The van der Waals surface area contributed by atoms with E-state index in [1.165, 1.54) is 79.9 Å².